The van der Waals surface area contributed by atoms with Gasteiger partial charge in [0.1, 0.15) is 5.82 Å². The van der Waals surface area contributed by atoms with Crippen molar-refractivity contribution in [3.63, 3.8) is 0 Å². The van der Waals surface area contributed by atoms with Gasteiger partial charge in [0.25, 0.3) is 0 Å². The number of aromatic nitrogens is 1. The smallest absolute Gasteiger partial charge is 0.123 e. The molecule has 2 saturated heterocycles. The molecule has 0 aliphatic carbocycles. The van der Waals surface area contributed by atoms with Gasteiger partial charge in [-0.25, -0.2) is 4.39 Å². The maximum Gasteiger partial charge on any atom is 0.123 e. The summed E-state index contributed by atoms with van der Waals surface area (Å²) in [5.74, 6) is 0.420. The molecule has 0 amide bonds. The summed E-state index contributed by atoms with van der Waals surface area (Å²) >= 11 is 0. The van der Waals surface area contributed by atoms with Crippen LogP contribution in [-0.2, 0) is 0 Å². The highest BCUT2D eigenvalue weighted by atomic mass is 19.1. The first-order chi connectivity index (χ1) is 11.3. The zero-order valence-corrected chi connectivity index (χ0v) is 13.7. The van der Waals surface area contributed by atoms with Crippen LogP contribution in [0.15, 0.2) is 24.4 Å². The van der Waals surface area contributed by atoms with E-state index >= 15 is 0 Å². The summed E-state index contributed by atoms with van der Waals surface area (Å²) in [5, 5.41) is 1.07. The Labute approximate surface area is 137 Å². The molecular formula is C19H26FN3. The molecule has 4 heteroatoms. The van der Waals surface area contributed by atoms with E-state index in [4.69, 9.17) is 0 Å². The van der Waals surface area contributed by atoms with Crippen LogP contribution in [0.1, 0.15) is 43.6 Å². The van der Waals surface area contributed by atoms with E-state index in [9.17, 15) is 4.39 Å². The first-order valence-corrected chi connectivity index (χ1v) is 9.01. The molecule has 2 fully saturated rings. The molecular weight excluding hydrogens is 289 g/mol. The Morgan fingerprint density at radius 3 is 2.52 bits per heavy atom. The van der Waals surface area contributed by atoms with Crippen molar-refractivity contribution in [2.45, 2.75) is 38.0 Å². The Hall–Kier alpha value is -1.39. The summed E-state index contributed by atoms with van der Waals surface area (Å²) in [6.45, 7) is 5.98. The molecule has 0 spiro atoms. The lowest BCUT2D eigenvalue weighted by molar-refractivity contribution is 0.0928. The van der Waals surface area contributed by atoms with E-state index in [0.29, 0.717) is 5.92 Å². The summed E-state index contributed by atoms with van der Waals surface area (Å²) < 4.78 is 13.6. The van der Waals surface area contributed by atoms with Crippen LogP contribution in [0, 0.1) is 5.82 Å². The fourth-order valence-corrected chi connectivity index (χ4v) is 4.22. The second kappa shape index (κ2) is 6.62. The predicted molar refractivity (Wildman–Crippen MR) is 92.1 cm³/mol. The van der Waals surface area contributed by atoms with Gasteiger partial charge in [-0.1, -0.05) is 6.42 Å². The third-order valence-corrected chi connectivity index (χ3v) is 5.55. The van der Waals surface area contributed by atoms with Crippen LogP contribution in [-0.4, -0.2) is 47.6 Å². The Morgan fingerprint density at radius 2 is 1.74 bits per heavy atom. The second-order valence-corrected chi connectivity index (χ2v) is 7.15. The van der Waals surface area contributed by atoms with Gasteiger partial charge in [0.15, 0.2) is 0 Å². The van der Waals surface area contributed by atoms with Crippen molar-refractivity contribution in [1.29, 1.82) is 0 Å². The molecule has 0 atom stereocenters. The van der Waals surface area contributed by atoms with Crippen molar-refractivity contribution < 1.29 is 4.39 Å². The first kappa shape index (κ1) is 15.2. The number of aromatic amines is 1. The molecule has 0 bridgehead atoms. The van der Waals surface area contributed by atoms with Crippen LogP contribution in [0.5, 0.6) is 0 Å². The second-order valence-electron chi connectivity index (χ2n) is 7.15. The number of likely N-dealkylation sites (tertiary alicyclic amines) is 2. The zero-order chi connectivity index (χ0) is 15.6. The minimum absolute atomic E-state index is 0.138. The summed E-state index contributed by atoms with van der Waals surface area (Å²) in [5.41, 5.74) is 2.36. The Bertz CT molecular complexity index is 652. The first-order valence-electron chi connectivity index (χ1n) is 9.01. The molecule has 0 radical (unpaired) electrons. The van der Waals surface area contributed by atoms with E-state index in [-0.39, 0.29) is 5.82 Å². The van der Waals surface area contributed by atoms with E-state index < -0.39 is 0 Å². The standard InChI is InChI=1S/C19H26FN3/c20-16-4-5-19-17(12-16)18(13-21-19)15-6-10-23(11-7-15)14-22-8-2-1-3-9-22/h4-5,12-13,15,21H,1-3,6-11,14H2. The maximum absolute atomic E-state index is 13.6. The fraction of sp³-hybridized carbons (Fsp3) is 0.579. The van der Waals surface area contributed by atoms with Gasteiger partial charge in [-0.3, -0.25) is 9.80 Å². The lowest BCUT2D eigenvalue weighted by atomic mass is 9.89. The number of halogens is 1. The SMILES string of the molecule is Fc1ccc2[nH]cc(C3CCN(CN4CCCCC4)CC3)c2c1. The predicted octanol–water partition coefficient (Wildman–Crippen LogP) is 3.93. The van der Waals surface area contributed by atoms with E-state index in [1.807, 2.05) is 6.07 Å². The van der Waals surface area contributed by atoms with Crippen molar-refractivity contribution in [3.8, 4) is 0 Å². The summed E-state index contributed by atoms with van der Waals surface area (Å²) in [6.07, 6.45) is 8.56. The van der Waals surface area contributed by atoms with E-state index in [1.165, 1.54) is 56.8 Å². The van der Waals surface area contributed by atoms with Crippen molar-refractivity contribution in [2.24, 2.45) is 0 Å². The highest BCUT2D eigenvalue weighted by Gasteiger charge is 2.24. The molecule has 124 valence electrons. The molecule has 4 rings (SSSR count). The number of hydrogen-bond donors (Lipinski definition) is 1. The minimum atomic E-state index is -0.138. The van der Waals surface area contributed by atoms with E-state index in [0.717, 1.165) is 30.7 Å². The Kier molecular flexibility index (Phi) is 4.36. The molecule has 1 aromatic carbocycles. The number of rotatable bonds is 3. The quantitative estimate of drug-likeness (QED) is 0.927. The summed E-state index contributed by atoms with van der Waals surface area (Å²) in [6, 6.07) is 5.06. The molecule has 2 aliphatic heterocycles. The van der Waals surface area contributed by atoms with Gasteiger partial charge in [-0.2, -0.15) is 0 Å². The van der Waals surface area contributed by atoms with Gasteiger partial charge in [-0.05, 0) is 81.5 Å². The number of nitrogens with zero attached hydrogens (tertiary/aromatic N) is 2. The number of benzene rings is 1. The summed E-state index contributed by atoms with van der Waals surface area (Å²) in [4.78, 5) is 8.50. The molecule has 23 heavy (non-hydrogen) atoms. The van der Waals surface area contributed by atoms with Gasteiger partial charge in [0.2, 0.25) is 0 Å². The Balaban J connectivity index is 1.39. The molecule has 0 unspecified atom stereocenters. The fourth-order valence-electron chi connectivity index (χ4n) is 4.22. The molecule has 1 aromatic heterocycles. The summed E-state index contributed by atoms with van der Waals surface area (Å²) in [7, 11) is 0. The number of hydrogen-bond acceptors (Lipinski definition) is 2. The molecule has 0 saturated carbocycles. The van der Waals surface area contributed by atoms with Gasteiger partial charge in [0.05, 0.1) is 6.67 Å². The van der Waals surface area contributed by atoms with Crippen LogP contribution in [0.3, 0.4) is 0 Å². The monoisotopic (exact) mass is 315 g/mol. The van der Waals surface area contributed by atoms with E-state index in [1.54, 1.807) is 6.07 Å². The van der Waals surface area contributed by atoms with Crippen LogP contribution in [0.25, 0.3) is 10.9 Å². The molecule has 2 aromatic rings. The Morgan fingerprint density at radius 1 is 1.00 bits per heavy atom. The third kappa shape index (κ3) is 3.29. The minimum Gasteiger partial charge on any atom is -0.361 e. The van der Waals surface area contributed by atoms with Crippen LogP contribution < -0.4 is 0 Å². The van der Waals surface area contributed by atoms with E-state index in [2.05, 4.69) is 21.0 Å². The van der Waals surface area contributed by atoms with Gasteiger partial charge in [0, 0.05) is 17.1 Å². The highest BCUT2D eigenvalue weighted by molar-refractivity contribution is 5.83. The number of H-pyrrole nitrogens is 1. The average molecular weight is 315 g/mol. The lowest BCUT2D eigenvalue weighted by Gasteiger charge is -2.37. The number of nitrogens with one attached hydrogen (secondary N) is 1. The number of fused-ring (bicyclic) bond motifs is 1. The van der Waals surface area contributed by atoms with Crippen molar-refractivity contribution >= 4 is 10.9 Å². The molecule has 2 aliphatic rings. The topological polar surface area (TPSA) is 22.3 Å². The maximum atomic E-state index is 13.6. The average Bonchev–Trinajstić information content (AvgIpc) is 2.99. The van der Waals surface area contributed by atoms with Crippen molar-refractivity contribution in [2.75, 3.05) is 32.8 Å². The zero-order valence-electron chi connectivity index (χ0n) is 13.7. The van der Waals surface area contributed by atoms with Crippen LogP contribution >= 0.6 is 0 Å². The molecule has 3 heterocycles. The van der Waals surface area contributed by atoms with Gasteiger partial charge >= 0.3 is 0 Å². The van der Waals surface area contributed by atoms with Crippen LogP contribution in [0.2, 0.25) is 0 Å². The normalized spacial score (nSPS) is 22.0. The highest BCUT2D eigenvalue weighted by Crippen LogP contribution is 2.33. The van der Waals surface area contributed by atoms with Crippen molar-refractivity contribution in [3.05, 3.63) is 35.8 Å². The van der Waals surface area contributed by atoms with Gasteiger partial charge in [-0.15, -0.1) is 0 Å². The van der Waals surface area contributed by atoms with Gasteiger partial charge < -0.3 is 4.98 Å². The third-order valence-electron chi connectivity index (χ3n) is 5.55. The molecule has 3 nitrogen and oxygen atoms in total. The molecule has 1 N–H and O–H groups in total. The van der Waals surface area contributed by atoms with Crippen molar-refractivity contribution in [1.82, 2.24) is 14.8 Å². The number of piperidine rings is 2. The van der Waals surface area contributed by atoms with Crippen LogP contribution in [0.4, 0.5) is 4.39 Å². The largest absolute Gasteiger partial charge is 0.361 e. The lowest BCUT2D eigenvalue weighted by Crippen LogP contribution is -2.43.